The number of aromatic hydroxyl groups is 1. The van der Waals surface area contributed by atoms with Gasteiger partial charge >= 0.3 is 5.69 Å². The highest BCUT2D eigenvalue weighted by molar-refractivity contribution is 6.04. The summed E-state index contributed by atoms with van der Waals surface area (Å²) in [6, 6.07) is 9.02. The lowest BCUT2D eigenvalue weighted by Gasteiger charge is -2.23. The number of benzene rings is 1. The van der Waals surface area contributed by atoms with Crippen LogP contribution in [-0.2, 0) is 18.9 Å². The Morgan fingerprint density at radius 1 is 1.15 bits per heavy atom. The minimum atomic E-state index is -0.639. The fourth-order valence-electron chi connectivity index (χ4n) is 3.15. The fraction of sp³-hybridized carbons (Fsp3) is 0.368. The van der Waals surface area contributed by atoms with Crippen LogP contribution in [0.15, 0.2) is 45.0 Å². The topological polar surface area (TPSA) is 96.9 Å². The van der Waals surface area contributed by atoms with Gasteiger partial charge in [-0.15, -0.1) is 0 Å². The van der Waals surface area contributed by atoms with Crippen molar-refractivity contribution >= 4 is 11.6 Å². The van der Waals surface area contributed by atoms with E-state index in [-0.39, 0.29) is 35.6 Å². The van der Waals surface area contributed by atoms with Gasteiger partial charge in [-0.3, -0.25) is 18.7 Å². The molecule has 1 aliphatic rings. The number of hydrazone groups is 1. The Morgan fingerprint density at radius 3 is 2.37 bits per heavy atom. The predicted octanol–water partition coefficient (Wildman–Crippen LogP) is 1.12. The third-order valence-corrected chi connectivity index (χ3v) is 4.74. The van der Waals surface area contributed by atoms with Crippen LogP contribution in [0.2, 0.25) is 0 Å². The number of amides is 1. The molecule has 0 fully saturated rings. The van der Waals surface area contributed by atoms with E-state index in [1.54, 1.807) is 13.8 Å². The molecule has 1 amide bonds. The molecular formula is C19H22N4O4. The highest BCUT2D eigenvalue weighted by atomic mass is 16.3. The van der Waals surface area contributed by atoms with E-state index >= 15 is 0 Å². The molecule has 2 heterocycles. The van der Waals surface area contributed by atoms with Crippen LogP contribution in [0, 0.1) is 5.92 Å². The number of rotatable bonds is 3. The molecule has 0 radical (unpaired) electrons. The van der Waals surface area contributed by atoms with Crippen LogP contribution in [0.5, 0.6) is 5.88 Å². The van der Waals surface area contributed by atoms with Crippen LogP contribution in [-0.4, -0.2) is 30.9 Å². The van der Waals surface area contributed by atoms with Gasteiger partial charge in [-0.2, -0.15) is 5.10 Å². The smallest absolute Gasteiger partial charge is 0.333 e. The maximum absolute atomic E-state index is 12.7. The SMILES string of the molecule is CC(C)C(=O)N1N=C(c2c(O)n(C)c(=O)n(C)c2=O)CC1c1ccccc1. The lowest BCUT2D eigenvalue weighted by Crippen LogP contribution is -2.39. The van der Waals surface area contributed by atoms with Gasteiger partial charge in [-0.25, -0.2) is 9.80 Å². The molecule has 8 nitrogen and oxygen atoms in total. The molecule has 0 spiro atoms. The highest BCUT2D eigenvalue weighted by Crippen LogP contribution is 2.34. The van der Waals surface area contributed by atoms with E-state index in [9.17, 15) is 19.5 Å². The van der Waals surface area contributed by atoms with Gasteiger partial charge < -0.3 is 5.11 Å². The molecule has 1 aromatic carbocycles. The number of hydrogen-bond donors (Lipinski definition) is 1. The number of hydrogen-bond acceptors (Lipinski definition) is 5. The van der Waals surface area contributed by atoms with Crippen LogP contribution < -0.4 is 11.2 Å². The van der Waals surface area contributed by atoms with Crippen molar-refractivity contribution in [1.29, 1.82) is 0 Å². The Morgan fingerprint density at radius 2 is 1.78 bits per heavy atom. The maximum Gasteiger partial charge on any atom is 0.333 e. The Hall–Kier alpha value is -3.16. The molecule has 3 rings (SSSR count). The lowest BCUT2D eigenvalue weighted by molar-refractivity contribution is -0.136. The summed E-state index contributed by atoms with van der Waals surface area (Å²) in [4.78, 5) is 37.3. The number of nitrogens with zero attached hydrogens (tertiary/aromatic N) is 4. The summed E-state index contributed by atoms with van der Waals surface area (Å²) in [7, 11) is 2.72. The minimum absolute atomic E-state index is 0.0559. The summed E-state index contributed by atoms with van der Waals surface area (Å²) in [6.07, 6.45) is 0.267. The van der Waals surface area contributed by atoms with Gasteiger partial charge in [-0.05, 0) is 5.56 Å². The average Bonchev–Trinajstić information content (AvgIpc) is 3.09. The zero-order valence-electron chi connectivity index (χ0n) is 15.7. The van der Waals surface area contributed by atoms with Crippen molar-refractivity contribution in [3.05, 3.63) is 62.3 Å². The molecule has 0 bridgehead atoms. The van der Waals surface area contributed by atoms with Crippen LogP contribution in [0.1, 0.15) is 37.4 Å². The molecule has 142 valence electrons. The van der Waals surface area contributed by atoms with Gasteiger partial charge in [-0.1, -0.05) is 44.2 Å². The van der Waals surface area contributed by atoms with E-state index in [0.717, 1.165) is 14.7 Å². The first-order valence-corrected chi connectivity index (χ1v) is 8.68. The van der Waals surface area contributed by atoms with Gasteiger partial charge in [0.15, 0.2) is 0 Å². The third-order valence-electron chi connectivity index (χ3n) is 4.74. The Labute approximate surface area is 156 Å². The number of aromatic nitrogens is 2. The normalized spacial score (nSPS) is 16.7. The van der Waals surface area contributed by atoms with Gasteiger partial charge in [0.05, 0.1) is 11.8 Å². The second-order valence-electron chi connectivity index (χ2n) is 6.92. The molecular weight excluding hydrogens is 348 g/mol. The Balaban J connectivity index is 2.16. The average molecular weight is 370 g/mol. The fourth-order valence-corrected chi connectivity index (χ4v) is 3.15. The summed E-state index contributed by atoms with van der Waals surface area (Å²) in [6.45, 7) is 3.56. The molecule has 1 aliphatic heterocycles. The predicted molar refractivity (Wildman–Crippen MR) is 101 cm³/mol. The second-order valence-corrected chi connectivity index (χ2v) is 6.92. The van der Waals surface area contributed by atoms with Crippen LogP contribution in [0.4, 0.5) is 0 Å². The minimum Gasteiger partial charge on any atom is -0.494 e. The van der Waals surface area contributed by atoms with E-state index in [0.29, 0.717) is 0 Å². The van der Waals surface area contributed by atoms with Gasteiger partial charge in [0.25, 0.3) is 5.56 Å². The molecule has 1 atom stereocenters. The maximum atomic E-state index is 12.7. The first-order chi connectivity index (χ1) is 12.7. The van der Waals surface area contributed by atoms with Crippen molar-refractivity contribution in [1.82, 2.24) is 14.1 Å². The van der Waals surface area contributed by atoms with Crippen molar-refractivity contribution in [2.24, 2.45) is 25.1 Å². The van der Waals surface area contributed by atoms with E-state index in [1.807, 2.05) is 30.3 Å². The van der Waals surface area contributed by atoms with Crippen molar-refractivity contribution < 1.29 is 9.90 Å². The van der Waals surface area contributed by atoms with Crippen molar-refractivity contribution in [2.75, 3.05) is 0 Å². The van der Waals surface area contributed by atoms with Crippen molar-refractivity contribution in [3.8, 4) is 5.88 Å². The third kappa shape index (κ3) is 3.07. The molecule has 1 unspecified atom stereocenters. The molecule has 1 aromatic heterocycles. The van der Waals surface area contributed by atoms with E-state index < -0.39 is 17.1 Å². The molecule has 1 N–H and O–H groups in total. The lowest BCUT2D eigenvalue weighted by atomic mass is 9.98. The highest BCUT2D eigenvalue weighted by Gasteiger charge is 2.36. The Bertz CT molecular complexity index is 1030. The summed E-state index contributed by atoms with van der Waals surface area (Å²) >= 11 is 0. The molecule has 0 saturated carbocycles. The zero-order valence-corrected chi connectivity index (χ0v) is 15.7. The second kappa shape index (κ2) is 6.86. The molecule has 27 heavy (non-hydrogen) atoms. The first kappa shape index (κ1) is 18.6. The first-order valence-electron chi connectivity index (χ1n) is 8.68. The van der Waals surface area contributed by atoms with E-state index in [1.165, 1.54) is 19.1 Å². The quantitative estimate of drug-likeness (QED) is 0.876. The Kier molecular flexibility index (Phi) is 4.73. The molecule has 8 heteroatoms. The standard InChI is InChI=1S/C19H22N4O4/c1-11(2)16(24)23-14(12-8-6-5-7-9-12)10-13(20-23)15-17(25)21(3)19(27)22(4)18(15)26/h5-9,11,14,25H,10H2,1-4H3. The van der Waals surface area contributed by atoms with Gasteiger partial charge in [0, 0.05) is 26.4 Å². The van der Waals surface area contributed by atoms with Crippen LogP contribution >= 0.6 is 0 Å². The summed E-state index contributed by atoms with van der Waals surface area (Å²) in [5, 5.41) is 16.2. The molecule has 0 aliphatic carbocycles. The molecule has 2 aromatic rings. The van der Waals surface area contributed by atoms with Crippen molar-refractivity contribution in [2.45, 2.75) is 26.3 Å². The van der Waals surface area contributed by atoms with Crippen LogP contribution in [0.3, 0.4) is 0 Å². The number of carbonyl (C=O) groups excluding carboxylic acids is 1. The monoisotopic (exact) mass is 370 g/mol. The largest absolute Gasteiger partial charge is 0.494 e. The summed E-state index contributed by atoms with van der Waals surface area (Å²) in [5.74, 6) is -0.914. The van der Waals surface area contributed by atoms with Gasteiger partial charge in [0.1, 0.15) is 5.56 Å². The van der Waals surface area contributed by atoms with E-state index in [4.69, 9.17) is 0 Å². The molecule has 0 saturated heterocycles. The zero-order chi connectivity index (χ0) is 19.9. The van der Waals surface area contributed by atoms with Gasteiger partial charge in [0.2, 0.25) is 11.8 Å². The number of carbonyl (C=O) groups is 1. The van der Waals surface area contributed by atoms with Crippen LogP contribution in [0.25, 0.3) is 0 Å². The summed E-state index contributed by atoms with van der Waals surface area (Å²) in [5.41, 5.74) is -0.160. The van der Waals surface area contributed by atoms with Crippen molar-refractivity contribution in [3.63, 3.8) is 0 Å². The summed E-state index contributed by atoms with van der Waals surface area (Å²) < 4.78 is 1.91. The van der Waals surface area contributed by atoms with E-state index in [2.05, 4.69) is 5.10 Å².